The van der Waals surface area contributed by atoms with Crippen molar-refractivity contribution in [3.63, 3.8) is 0 Å². The van der Waals surface area contributed by atoms with Gasteiger partial charge in [0.1, 0.15) is 5.75 Å². The van der Waals surface area contributed by atoms with Crippen molar-refractivity contribution < 1.29 is 14.3 Å². The van der Waals surface area contributed by atoms with Crippen molar-refractivity contribution in [2.75, 3.05) is 6.61 Å². The molecule has 0 saturated carbocycles. The number of carbonyl (C=O) groups is 2. The van der Waals surface area contributed by atoms with E-state index in [4.69, 9.17) is 4.74 Å². The molecule has 0 fully saturated rings. The number of aromatic nitrogens is 2. The van der Waals surface area contributed by atoms with Gasteiger partial charge < -0.3 is 14.6 Å². The van der Waals surface area contributed by atoms with E-state index >= 15 is 0 Å². The van der Waals surface area contributed by atoms with Gasteiger partial charge in [-0.3, -0.25) is 9.59 Å². The lowest BCUT2D eigenvalue weighted by Crippen LogP contribution is -2.31. The molecule has 6 nitrogen and oxygen atoms in total. The van der Waals surface area contributed by atoms with Crippen molar-refractivity contribution >= 4 is 11.7 Å². The quantitative estimate of drug-likeness (QED) is 0.426. The van der Waals surface area contributed by atoms with Crippen LogP contribution in [0.25, 0.3) is 5.69 Å². The molecule has 0 aliphatic carbocycles. The Bertz CT molecular complexity index is 1170. The monoisotopic (exact) mass is 425 g/mol. The first-order valence-electron chi connectivity index (χ1n) is 10.3. The van der Waals surface area contributed by atoms with Gasteiger partial charge in [-0.1, -0.05) is 42.5 Å². The number of nitrogens with one attached hydrogen (secondary N) is 1. The maximum atomic E-state index is 12.5. The first-order valence-corrected chi connectivity index (χ1v) is 10.3. The van der Waals surface area contributed by atoms with Crippen molar-refractivity contribution in [1.29, 1.82) is 0 Å². The third-order valence-electron chi connectivity index (χ3n) is 5.10. The van der Waals surface area contributed by atoms with Gasteiger partial charge in [0.2, 0.25) is 0 Å². The standard InChI is InChI=1S/C26H23N3O3/c1-19(20-7-11-23(12-8-20)29-16-15-27-18-29)28-25(30)17-32-24-13-9-22(10-14-24)26(31)21-5-3-2-4-6-21/h2-16,18-19H,17H2,1H3,(H,28,30)/t19-/m0/s1. The van der Waals surface area contributed by atoms with Crippen LogP contribution < -0.4 is 10.1 Å². The van der Waals surface area contributed by atoms with Crippen molar-refractivity contribution in [2.24, 2.45) is 0 Å². The minimum Gasteiger partial charge on any atom is -0.484 e. The van der Waals surface area contributed by atoms with Gasteiger partial charge in [-0.25, -0.2) is 4.98 Å². The highest BCUT2D eigenvalue weighted by molar-refractivity contribution is 6.08. The maximum Gasteiger partial charge on any atom is 0.258 e. The molecule has 160 valence electrons. The van der Waals surface area contributed by atoms with E-state index in [1.807, 2.05) is 60.2 Å². The van der Waals surface area contributed by atoms with Crippen LogP contribution in [0, 0.1) is 0 Å². The molecule has 1 heterocycles. The first-order chi connectivity index (χ1) is 15.6. The summed E-state index contributed by atoms with van der Waals surface area (Å²) in [5.74, 6) is 0.255. The predicted molar refractivity (Wildman–Crippen MR) is 122 cm³/mol. The Hall–Kier alpha value is -4.19. The molecule has 0 aliphatic heterocycles. The number of hydrogen-bond donors (Lipinski definition) is 1. The number of carbonyl (C=O) groups excluding carboxylic acids is 2. The van der Waals surface area contributed by atoms with E-state index in [2.05, 4.69) is 10.3 Å². The van der Waals surface area contributed by atoms with Crippen LogP contribution in [0.15, 0.2) is 97.6 Å². The molecule has 0 bridgehead atoms. The van der Waals surface area contributed by atoms with E-state index in [1.165, 1.54) is 0 Å². The summed E-state index contributed by atoms with van der Waals surface area (Å²) in [6.07, 6.45) is 5.34. The van der Waals surface area contributed by atoms with Gasteiger partial charge in [-0.2, -0.15) is 0 Å². The Kier molecular flexibility index (Phi) is 6.41. The van der Waals surface area contributed by atoms with Gasteiger partial charge in [0.15, 0.2) is 12.4 Å². The average Bonchev–Trinajstić information content (AvgIpc) is 3.38. The largest absolute Gasteiger partial charge is 0.484 e. The molecule has 0 saturated heterocycles. The Morgan fingerprint density at radius 2 is 1.62 bits per heavy atom. The number of hydrogen-bond acceptors (Lipinski definition) is 4. The Balaban J connectivity index is 1.28. The lowest BCUT2D eigenvalue weighted by atomic mass is 10.0. The number of benzene rings is 3. The number of rotatable bonds is 8. The summed E-state index contributed by atoms with van der Waals surface area (Å²) in [6.45, 7) is 1.82. The zero-order valence-electron chi connectivity index (χ0n) is 17.6. The molecule has 1 amide bonds. The minimum absolute atomic E-state index is 0.0530. The Morgan fingerprint density at radius 3 is 2.28 bits per heavy atom. The molecule has 6 heteroatoms. The third kappa shape index (κ3) is 5.10. The van der Waals surface area contributed by atoms with Crippen LogP contribution in [0.3, 0.4) is 0 Å². The summed E-state index contributed by atoms with van der Waals surface area (Å²) < 4.78 is 7.50. The number of imidazole rings is 1. The van der Waals surface area contributed by atoms with Crippen LogP contribution in [0.4, 0.5) is 0 Å². The normalized spacial score (nSPS) is 11.5. The average molecular weight is 425 g/mol. The molecular weight excluding hydrogens is 402 g/mol. The van der Waals surface area contributed by atoms with Gasteiger partial charge in [0, 0.05) is 29.2 Å². The molecule has 0 spiro atoms. The van der Waals surface area contributed by atoms with Gasteiger partial charge in [0.25, 0.3) is 5.91 Å². The van der Waals surface area contributed by atoms with Gasteiger partial charge in [-0.05, 0) is 48.9 Å². The summed E-state index contributed by atoms with van der Waals surface area (Å²) >= 11 is 0. The van der Waals surface area contributed by atoms with Crippen molar-refractivity contribution in [3.05, 3.63) is 114 Å². The predicted octanol–water partition coefficient (Wildman–Crippen LogP) is 4.36. The fourth-order valence-corrected chi connectivity index (χ4v) is 3.32. The minimum atomic E-state index is -0.222. The second-order valence-electron chi connectivity index (χ2n) is 7.36. The van der Waals surface area contributed by atoms with Crippen molar-refractivity contribution in [1.82, 2.24) is 14.9 Å². The van der Waals surface area contributed by atoms with E-state index in [0.717, 1.165) is 11.3 Å². The van der Waals surface area contributed by atoms with E-state index < -0.39 is 0 Å². The summed E-state index contributed by atoms with van der Waals surface area (Å²) in [6, 6.07) is 23.6. The van der Waals surface area contributed by atoms with Gasteiger partial charge in [0.05, 0.1) is 12.4 Å². The van der Waals surface area contributed by atoms with E-state index in [9.17, 15) is 9.59 Å². The molecule has 1 atom stereocenters. The lowest BCUT2D eigenvalue weighted by Gasteiger charge is -2.15. The third-order valence-corrected chi connectivity index (χ3v) is 5.10. The Morgan fingerprint density at radius 1 is 0.938 bits per heavy atom. The lowest BCUT2D eigenvalue weighted by molar-refractivity contribution is -0.123. The van der Waals surface area contributed by atoms with Gasteiger partial charge >= 0.3 is 0 Å². The van der Waals surface area contributed by atoms with E-state index in [-0.39, 0.29) is 24.3 Å². The highest BCUT2D eigenvalue weighted by Crippen LogP contribution is 2.17. The van der Waals surface area contributed by atoms with Crippen LogP contribution in [0.1, 0.15) is 34.5 Å². The molecule has 0 radical (unpaired) electrons. The molecule has 4 aromatic rings. The summed E-state index contributed by atoms with van der Waals surface area (Å²) in [4.78, 5) is 28.8. The van der Waals surface area contributed by atoms with E-state index in [0.29, 0.717) is 16.9 Å². The number of ether oxygens (including phenoxy) is 1. The molecule has 0 aliphatic rings. The fraction of sp³-hybridized carbons (Fsp3) is 0.115. The number of nitrogens with zero attached hydrogens (tertiary/aromatic N) is 2. The zero-order valence-corrected chi connectivity index (χ0v) is 17.6. The fourth-order valence-electron chi connectivity index (χ4n) is 3.32. The second-order valence-corrected chi connectivity index (χ2v) is 7.36. The van der Waals surface area contributed by atoms with Crippen LogP contribution in [0.2, 0.25) is 0 Å². The highest BCUT2D eigenvalue weighted by Gasteiger charge is 2.12. The molecule has 3 aromatic carbocycles. The van der Waals surface area contributed by atoms with E-state index in [1.54, 1.807) is 48.9 Å². The smallest absolute Gasteiger partial charge is 0.258 e. The summed E-state index contributed by atoms with van der Waals surface area (Å²) in [5.41, 5.74) is 3.20. The zero-order chi connectivity index (χ0) is 22.3. The van der Waals surface area contributed by atoms with Gasteiger partial charge in [-0.15, -0.1) is 0 Å². The number of ketones is 1. The Labute approximate surface area is 186 Å². The summed E-state index contributed by atoms with van der Waals surface area (Å²) in [7, 11) is 0. The van der Waals surface area contributed by atoms with Crippen molar-refractivity contribution in [2.45, 2.75) is 13.0 Å². The highest BCUT2D eigenvalue weighted by atomic mass is 16.5. The maximum absolute atomic E-state index is 12.5. The molecule has 1 aromatic heterocycles. The topological polar surface area (TPSA) is 73.2 Å². The number of amides is 1. The summed E-state index contributed by atoms with van der Waals surface area (Å²) in [5, 5.41) is 2.93. The SMILES string of the molecule is C[C@H](NC(=O)COc1ccc(C(=O)c2ccccc2)cc1)c1ccc(-n2ccnc2)cc1. The molecule has 4 rings (SSSR count). The molecule has 1 N–H and O–H groups in total. The molecule has 32 heavy (non-hydrogen) atoms. The van der Waals surface area contributed by atoms with Crippen LogP contribution >= 0.6 is 0 Å². The first kappa shape index (κ1) is 21.1. The van der Waals surface area contributed by atoms with Crippen LogP contribution in [0.5, 0.6) is 5.75 Å². The van der Waals surface area contributed by atoms with Crippen LogP contribution in [-0.2, 0) is 4.79 Å². The van der Waals surface area contributed by atoms with Crippen LogP contribution in [-0.4, -0.2) is 27.8 Å². The second kappa shape index (κ2) is 9.75. The molecular formula is C26H23N3O3. The van der Waals surface area contributed by atoms with Crippen molar-refractivity contribution in [3.8, 4) is 11.4 Å². The molecule has 0 unspecified atom stereocenters.